The van der Waals surface area contributed by atoms with Crippen LogP contribution < -0.4 is 10.6 Å². The number of amides is 2. The van der Waals surface area contributed by atoms with E-state index >= 15 is 0 Å². The van der Waals surface area contributed by atoms with Crippen LogP contribution in [0.4, 0.5) is 0 Å². The normalized spacial score (nSPS) is 12.6. The fourth-order valence-corrected chi connectivity index (χ4v) is 4.10. The average molecular weight is 471 g/mol. The summed E-state index contributed by atoms with van der Waals surface area (Å²) >= 11 is 1.36. The molecule has 0 saturated carbocycles. The Bertz CT molecular complexity index is 934. The van der Waals surface area contributed by atoms with Gasteiger partial charge >= 0.3 is 5.97 Å². The largest absolute Gasteiger partial charge is 0.481 e. The molecule has 0 bridgehead atoms. The van der Waals surface area contributed by atoms with Crippen LogP contribution in [0, 0.1) is 5.92 Å². The first kappa shape index (κ1) is 26.1. The zero-order valence-corrected chi connectivity index (χ0v) is 19.6. The number of hydrogen-bond acceptors (Lipinski definition) is 5. The molecule has 7 nitrogen and oxygen atoms in total. The predicted molar refractivity (Wildman–Crippen MR) is 129 cm³/mol. The summed E-state index contributed by atoms with van der Waals surface area (Å²) in [6.07, 6.45) is -0.399. The fourth-order valence-electron chi connectivity index (χ4n) is 3.17. The van der Waals surface area contributed by atoms with Crippen molar-refractivity contribution in [3.63, 3.8) is 0 Å². The van der Waals surface area contributed by atoms with Gasteiger partial charge in [0, 0.05) is 5.75 Å². The number of aliphatic carboxylic acids is 1. The highest BCUT2D eigenvalue weighted by Crippen LogP contribution is 2.13. The summed E-state index contributed by atoms with van der Waals surface area (Å²) in [6.45, 7) is 3.55. The molecule has 0 radical (unpaired) electrons. The van der Waals surface area contributed by atoms with Crippen molar-refractivity contribution in [2.45, 2.75) is 44.5 Å². The van der Waals surface area contributed by atoms with E-state index in [4.69, 9.17) is 0 Å². The minimum atomic E-state index is -1.18. The van der Waals surface area contributed by atoms with Crippen molar-refractivity contribution in [2.24, 2.45) is 5.92 Å². The van der Waals surface area contributed by atoms with Crippen LogP contribution in [0.3, 0.4) is 0 Å². The Morgan fingerprint density at radius 1 is 0.879 bits per heavy atom. The van der Waals surface area contributed by atoms with Gasteiger partial charge in [-0.2, -0.15) is 0 Å². The number of carboxylic acids is 1. The number of carbonyl (C=O) groups excluding carboxylic acids is 3. The summed E-state index contributed by atoms with van der Waals surface area (Å²) in [5.41, 5.74) is 1.86. The van der Waals surface area contributed by atoms with Gasteiger partial charge in [0.25, 0.3) is 0 Å². The monoisotopic (exact) mass is 470 g/mol. The van der Waals surface area contributed by atoms with Crippen molar-refractivity contribution in [1.82, 2.24) is 10.6 Å². The second kappa shape index (κ2) is 13.4. The number of benzene rings is 2. The van der Waals surface area contributed by atoms with Crippen LogP contribution in [0.1, 0.15) is 31.4 Å². The highest BCUT2D eigenvalue weighted by Gasteiger charge is 2.29. The van der Waals surface area contributed by atoms with E-state index in [0.717, 1.165) is 11.1 Å². The van der Waals surface area contributed by atoms with Gasteiger partial charge in [0.1, 0.15) is 6.04 Å². The molecule has 2 aromatic carbocycles. The first-order chi connectivity index (χ1) is 15.8. The number of carboxylic acid groups (broad SMARTS) is 1. The van der Waals surface area contributed by atoms with Gasteiger partial charge < -0.3 is 15.7 Å². The molecule has 2 aromatic rings. The molecule has 0 heterocycles. The minimum absolute atomic E-state index is 0.0693. The molecule has 176 valence electrons. The molecule has 2 atom stereocenters. The molecular formula is C25H30N2O5S. The number of nitrogens with one attached hydrogen (secondary N) is 2. The lowest BCUT2D eigenvalue weighted by Gasteiger charge is -2.24. The molecule has 0 aliphatic rings. The Balaban J connectivity index is 1.97. The molecule has 8 heteroatoms. The third-order valence-corrected chi connectivity index (χ3v) is 5.94. The lowest BCUT2D eigenvalue weighted by molar-refractivity contribution is -0.140. The van der Waals surface area contributed by atoms with Gasteiger partial charge in [-0.05, 0) is 17.0 Å². The maximum Gasteiger partial charge on any atom is 0.305 e. The topological polar surface area (TPSA) is 113 Å². The molecule has 0 fully saturated rings. The maximum atomic E-state index is 12.9. The van der Waals surface area contributed by atoms with E-state index < -0.39 is 30.4 Å². The molecule has 2 amide bonds. The van der Waals surface area contributed by atoms with Crippen molar-refractivity contribution < 1.29 is 24.3 Å². The van der Waals surface area contributed by atoms with Crippen LogP contribution in [0.25, 0.3) is 0 Å². The first-order valence-electron chi connectivity index (χ1n) is 10.8. The lowest BCUT2D eigenvalue weighted by atomic mass is 10.0. The number of hydrogen-bond donors (Lipinski definition) is 3. The zero-order valence-electron chi connectivity index (χ0n) is 18.8. The van der Waals surface area contributed by atoms with Crippen molar-refractivity contribution in [3.8, 4) is 0 Å². The van der Waals surface area contributed by atoms with E-state index in [1.165, 1.54) is 11.8 Å². The molecule has 3 N–H and O–H groups in total. The van der Waals surface area contributed by atoms with Gasteiger partial charge in [-0.25, -0.2) is 0 Å². The number of thioether (sulfide) groups is 1. The highest BCUT2D eigenvalue weighted by molar-refractivity contribution is 7.99. The van der Waals surface area contributed by atoms with Gasteiger partial charge in [0.2, 0.25) is 11.8 Å². The van der Waals surface area contributed by atoms with Gasteiger partial charge in [-0.1, -0.05) is 74.5 Å². The SMILES string of the molecule is CC(C)C(NC(=O)Cc1ccccc1)C(=O)NC(CC(=O)O)C(=O)CSCc1ccccc1. The Morgan fingerprint density at radius 3 is 2.00 bits per heavy atom. The Hall–Kier alpha value is -3.13. The van der Waals surface area contributed by atoms with Gasteiger partial charge in [-0.3, -0.25) is 19.2 Å². The Morgan fingerprint density at radius 2 is 1.45 bits per heavy atom. The van der Waals surface area contributed by atoms with Crippen LogP contribution in [0.15, 0.2) is 60.7 Å². The number of Topliss-reactive ketones (excluding diaryl/α,β-unsaturated/α-hetero) is 1. The number of carbonyl (C=O) groups is 4. The molecular weight excluding hydrogens is 440 g/mol. The number of rotatable bonds is 13. The van der Waals surface area contributed by atoms with Gasteiger partial charge in [-0.15, -0.1) is 11.8 Å². The van der Waals surface area contributed by atoms with Gasteiger partial charge in [0.05, 0.1) is 24.6 Å². The third kappa shape index (κ3) is 9.49. The molecule has 2 rings (SSSR count). The minimum Gasteiger partial charge on any atom is -0.481 e. The first-order valence-corrected chi connectivity index (χ1v) is 11.9. The summed E-state index contributed by atoms with van der Waals surface area (Å²) in [4.78, 5) is 49.3. The van der Waals surface area contributed by atoms with E-state index in [-0.39, 0.29) is 29.8 Å². The molecule has 0 saturated heterocycles. The van der Waals surface area contributed by atoms with Crippen molar-refractivity contribution >= 4 is 35.3 Å². The second-order valence-electron chi connectivity index (χ2n) is 8.06. The van der Waals surface area contributed by atoms with E-state index in [9.17, 15) is 24.3 Å². The molecule has 0 aromatic heterocycles. The predicted octanol–water partition coefficient (Wildman–Crippen LogP) is 2.83. The van der Waals surface area contributed by atoms with E-state index in [2.05, 4.69) is 10.6 Å². The quantitative estimate of drug-likeness (QED) is 0.415. The summed E-state index contributed by atoms with van der Waals surface area (Å²) in [6, 6.07) is 16.7. The summed E-state index contributed by atoms with van der Waals surface area (Å²) in [7, 11) is 0. The van der Waals surface area contributed by atoms with Crippen molar-refractivity contribution in [1.29, 1.82) is 0 Å². The van der Waals surface area contributed by atoms with E-state index in [1.807, 2.05) is 60.7 Å². The second-order valence-corrected chi connectivity index (χ2v) is 9.04. The average Bonchev–Trinajstić information content (AvgIpc) is 2.77. The van der Waals surface area contributed by atoms with Crippen LogP contribution >= 0.6 is 11.8 Å². The van der Waals surface area contributed by atoms with Crippen molar-refractivity contribution in [3.05, 3.63) is 71.8 Å². The van der Waals surface area contributed by atoms with Crippen LogP contribution in [0.2, 0.25) is 0 Å². The van der Waals surface area contributed by atoms with Crippen molar-refractivity contribution in [2.75, 3.05) is 5.75 Å². The smallest absolute Gasteiger partial charge is 0.305 e. The molecule has 2 unspecified atom stereocenters. The Labute approximate surface area is 198 Å². The highest BCUT2D eigenvalue weighted by atomic mass is 32.2. The zero-order chi connectivity index (χ0) is 24.2. The van der Waals surface area contributed by atoms with Crippen LogP contribution in [0.5, 0.6) is 0 Å². The van der Waals surface area contributed by atoms with Crippen LogP contribution in [-0.4, -0.2) is 46.5 Å². The van der Waals surface area contributed by atoms with E-state index in [1.54, 1.807) is 13.8 Å². The lowest BCUT2D eigenvalue weighted by Crippen LogP contribution is -2.54. The molecule has 33 heavy (non-hydrogen) atoms. The number of ketones is 1. The Kier molecular flexibility index (Phi) is 10.6. The molecule has 0 spiro atoms. The van der Waals surface area contributed by atoms with Crippen LogP contribution in [-0.2, 0) is 31.4 Å². The fraction of sp³-hybridized carbons (Fsp3) is 0.360. The molecule has 0 aliphatic carbocycles. The molecule has 0 aliphatic heterocycles. The van der Waals surface area contributed by atoms with E-state index in [0.29, 0.717) is 5.75 Å². The van der Waals surface area contributed by atoms with Gasteiger partial charge in [0.15, 0.2) is 5.78 Å². The third-order valence-electron chi connectivity index (χ3n) is 4.91. The summed E-state index contributed by atoms with van der Waals surface area (Å²) < 4.78 is 0. The summed E-state index contributed by atoms with van der Waals surface area (Å²) in [5.74, 6) is -2.03. The maximum absolute atomic E-state index is 12.9. The standard InChI is InChI=1S/C25H30N2O5S/c1-17(2)24(27-22(29)13-18-9-5-3-6-10-18)25(32)26-20(14-23(30)31)21(28)16-33-15-19-11-7-4-8-12-19/h3-12,17,20,24H,13-16H2,1-2H3,(H,26,32)(H,27,29)(H,30,31). The summed E-state index contributed by atoms with van der Waals surface area (Å²) in [5, 5.41) is 14.5.